The molecule has 0 aromatic heterocycles. The average Bonchev–Trinajstić information content (AvgIpc) is 2.61. The Balaban J connectivity index is 1.94. The number of rotatable bonds is 6. The molecule has 1 heterocycles. The zero-order valence-electron chi connectivity index (χ0n) is 14.5. The molecule has 0 saturated carbocycles. The van der Waals surface area contributed by atoms with E-state index in [0.29, 0.717) is 43.6 Å². The number of piperidine rings is 1. The molecule has 8 heteroatoms. The fourth-order valence-electron chi connectivity index (χ4n) is 2.87. The molecule has 0 radical (unpaired) electrons. The molecule has 1 fully saturated rings. The molecular formula is C17H24N2O5S. The number of carbonyl (C=O) groups is 2. The number of sulfonamides is 1. The summed E-state index contributed by atoms with van der Waals surface area (Å²) >= 11 is 0. The largest absolute Gasteiger partial charge is 0.465 e. The highest BCUT2D eigenvalue weighted by Crippen LogP contribution is 2.22. The molecule has 138 valence electrons. The third kappa shape index (κ3) is 5.02. The van der Waals surface area contributed by atoms with Crippen LogP contribution >= 0.6 is 0 Å². The summed E-state index contributed by atoms with van der Waals surface area (Å²) < 4.78 is 30.3. The summed E-state index contributed by atoms with van der Waals surface area (Å²) in [6.07, 6.45) is 1.57. The van der Waals surface area contributed by atoms with Gasteiger partial charge in [0, 0.05) is 24.7 Å². The maximum absolute atomic E-state index is 12.4. The second-order valence-corrected chi connectivity index (χ2v) is 8.14. The number of ether oxygens (including phenoxy) is 1. The van der Waals surface area contributed by atoms with Crippen LogP contribution in [0.15, 0.2) is 24.3 Å². The molecule has 1 N–H and O–H groups in total. The summed E-state index contributed by atoms with van der Waals surface area (Å²) in [6, 6.07) is 6.54. The van der Waals surface area contributed by atoms with E-state index in [9.17, 15) is 18.0 Å². The monoisotopic (exact) mass is 368 g/mol. The summed E-state index contributed by atoms with van der Waals surface area (Å²) in [5.74, 6) is -0.723. The van der Waals surface area contributed by atoms with Crippen LogP contribution in [-0.2, 0) is 19.6 Å². The van der Waals surface area contributed by atoms with Gasteiger partial charge in [-0.15, -0.1) is 0 Å². The third-order valence-electron chi connectivity index (χ3n) is 4.23. The summed E-state index contributed by atoms with van der Waals surface area (Å²) in [5.41, 5.74) is 0.884. The molecule has 0 aliphatic carbocycles. The number of hydrogen-bond acceptors (Lipinski definition) is 5. The standard InChI is InChI=1S/C17H24N2O5S/c1-3-11-25(22,23)19-9-7-13(8-10-19)16(20)18-15-6-4-5-14(12-15)17(21)24-2/h4-6,12-13H,3,7-11H2,1-2H3,(H,18,20). The molecule has 1 aliphatic rings. The van der Waals surface area contributed by atoms with Gasteiger partial charge in [-0.2, -0.15) is 0 Å². The number of nitrogens with one attached hydrogen (secondary N) is 1. The van der Waals surface area contributed by atoms with E-state index in [2.05, 4.69) is 10.1 Å². The Bertz CT molecular complexity index is 724. The van der Waals surface area contributed by atoms with Gasteiger partial charge >= 0.3 is 5.97 Å². The van der Waals surface area contributed by atoms with Gasteiger partial charge in [-0.25, -0.2) is 17.5 Å². The topological polar surface area (TPSA) is 92.8 Å². The zero-order chi connectivity index (χ0) is 18.4. The Morgan fingerprint density at radius 2 is 1.96 bits per heavy atom. The molecule has 1 aromatic rings. The summed E-state index contributed by atoms with van der Waals surface area (Å²) in [5, 5.41) is 2.80. The Hall–Kier alpha value is -1.93. The lowest BCUT2D eigenvalue weighted by atomic mass is 9.97. The zero-order valence-corrected chi connectivity index (χ0v) is 15.3. The van der Waals surface area contributed by atoms with Crippen LogP contribution in [0.2, 0.25) is 0 Å². The molecule has 7 nitrogen and oxygen atoms in total. The van der Waals surface area contributed by atoms with Crippen molar-refractivity contribution in [3.05, 3.63) is 29.8 Å². The van der Waals surface area contributed by atoms with Crippen molar-refractivity contribution in [3.8, 4) is 0 Å². The second-order valence-electron chi connectivity index (χ2n) is 6.05. The van der Waals surface area contributed by atoms with Gasteiger partial charge in [0.25, 0.3) is 0 Å². The maximum atomic E-state index is 12.4. The van der Waals surface area contributed by atoms with Crippen LogP contribution in [0.1, 0.15) is 36.5 Å². The van der Waals surface area contributed by atoms with Gasteiger partial charge in [0.05, 0.1) is 18.4 Å². The van der Waals surface area contributed by atoms with E-state index in [-0.39, 0.29) is 17.6 Å². The van der Waals surface area contributed by atoms with Crippen molar-refractivity contribution in [1.29, 1.82) is 0 Å². The van der Waals surface area contributed by atoms with Gasteiger partial charge in [-0.3, -0.25) is 4.79 Å². The number of nitrogens with zero attached hydrogens (tertiary/aromatic N) is 1. The number of methoxy groups -OCH3 is 1. The molecule has 25 heavy (non-hydrogen) atoms. The fraction of sp³-hybridized carbons (Fsp3) is 0.529. The van der Waals surface area contributed by atoms with Crippen molar-refractivity contribution in [2.24, 2.45) is 5.92 Å². The number of esters is 1. The van der Waals surface area contributed by atoms with Crippen molar-refractivity contribution < 1.29 is 22.7 Å². The van der Waals surface area contributed by atoms with Gasteiger partial charge in [0.15, 0.2) is 0 Å². The van der Waals surface area contributed by atoms with E-state index in [4.69, 9.17) is 0 Å². The number of carbonyl (C=O) groups excluding carboxylic acids is 2. The van der Waals surface area contributed by atoms with E-state index in [1.807, 2.05) is 6.92 Å². The molecule has 1 amide bonds. The van der Waals surface area contributed by atoms with E-state index in [0.717, 1.165) is 0 Å². The van der Waals surface area contributed by atoms with Crippen molar-refractivity contribution in [2.75, 3.05) is 31.3 Å². The van der Waals surface area contributed by atoms with Gasteiger partial charge in [0.1, 0.15) is 0 Å². The Labute approximate surface area is 148 Å². The third-order valence-corrected chi connectivity index (χ3v) is 6.31. The number of hydrogen-bond donors (Lipinski definition) is 1. The summed E-state index contributed by atoms with van der Waals surface area (Å²) in [4.78, 5) is 23.9. The van der Waals surface area contributed by atoms with E-state index < -0.39 is 16.0 Å². The number of amides is 1. The lowest BCUT2D eigenvalue weighted by Gasteiger charge is -2.30. The quantitative estimate of drug-likeness (QED) is 0.774. The first-order valence-electron chi connectivity index (χ1n) is 8.34. The first kappa shape index (κ1) is 19.4. The minimum absolute atomic E-state index is 0.143. The van der Waals surface area contributed by atoms with E-state index >= 15 is 0 Å². The predicted molar refractivity (Wildman–Crippen MR) is 94.8 cm³/mol. The predicted octanol–water partition coefficient (Wildman–Crippen LogP) is 1.86. The van der Waals surface area contributed by atoms with Crippen LogP contribution in [0.4, 0.5) is 5.69 Å². The molecule has 0 atom stereocenters. The van der Waals surface area contributed by atoms with Crippen molar-refractivity contribution in [3.63, 3.8) is 0 Å². The van der Waals surface area contributed by atoms with Crippen molar-refractivity contribution in [2.45, 2.75) is 26.2 Å². The van der Waals surface area contributed by atoms with Crippen LogP contribution in [-0.4, -0.2) is 50.6 Å². The van der Waals surface area contributed by atoms with Gasteiger partial charge in [-0.1, -0.05) is 13.0 Å². The second kappa shape index (κ2) is 8.44. The van der Waals surface area contributed by atoms with Crippen molar-refractivity contribution >= 4 is 27.6 Å². The van der Waals surface area contributed by atoms with Crippen LogP contribution in [0.5, 0.6) is 0 Å². The minimum Gasteiger partial charge on any atom is -0.465 e. The first-order valence-corrected chi connectivity index (χ1v) is 9.95. The molecule has 0 spiro atoms. The lowest BCUT2D eigenvalue weighted by molar-refractivity contribution is -0.120. The highest BCUT2D eigenvalue weighted by atomic mass is 32.2. The SMILES string of the molecule is CCCS(=O)(=O)N1CCC(C(=O)Nc2cccc(C(=O)OC)c2)CC1. The lowest BCUT2D eigenvalue weighted by Crippen LogP contribution is -2.42. The fourth-order valence-corrected chi connectivity index (χ4v) is 4.41. The molecule has 0 bridgehead atoms. The van der Waals surface area contributed by atoms with E-state index in [1.54, 1.807) is 24.3 Å². The smallest absolute Gasteiger partial charge is 0.337 e. The summed E-state index contributed by atoms with van der Waals surface area (Å²) in [7, 11) is -1.91. The Morgan fingerprint density at radius 3 is 2.56 bits per heavy atom. The van der Waals surface area contributed by atoms with Gasteiger partial charge in [-0.05, 0) is 37.5 Å². The van der Waals surface area contributed by atoms with E-state index in [1.165, 1.54) is 11.4 Å². The molecule has 0 unspecified atom stereocenters. The highest BCUT2D eigenvalue weighted by molar-refractivity contribution is 7.89. The highest BCUT2D eigenvalue weighted by Gasteiger charge is 2.30. The first-order chi connectivity index (χ1) is 11.9. The maximum Gasteiger partial charge on any atom is 0.337 e. The molecule has 2 rings (SSSR count). The summed E-state index contributed by atoms with van der Waals surface area (Å²) in [6.45, 7) is 2.56. The minimum atomic E-state index is -3.21. The van der Waals surface area contributed by atoms with Crippen LogP contribution in [0, 0.1) is 5.92 Å². The van der Waals surface area contributed by atoms with Crippen LogP contribution in [0.25, 0.3) is 0 Å². The number of benzene rings is 1. The van der Waals surface area contributed by atoms with Gasteiger partial charge < -0.3 is 10.1 Å². The Kier molecular flexibility index (Phi) is 6.55. The van der Waals surface area contributed by atoms with Crippen molar-refractivity contribution in [1.82, 2.24) is 4.31 Å². The van der Waals surface area contributed by atoms with Gasteiger partial charge in [0.2, 0.25) is 15.9 Å². The Morgan fingerprint density at radius 1 is 1.28 bits per heavy atom. The van der Waals surface area contributed by atoms with Crippen LogP contribution < -0.4 is 5.32 Å². The van der Waals surface area contributed by atoms with Crippen LogP contribution in [0.3, 0.4) is 0 Å². The molecule has 1 aromatic carbocycles. The normalized spacial score (nSPS) is 16.4. The molecular weight excluding hydrogens is 344 g/mol. The molecule has 1 saturated heterocycles. The average molecular weight is 368 g/mol. The molecule has 1 aliphatic heterocycles. The number of anilines is 1.